The normalized spacial score (nSPS) is 17.9. The maximum Gasteiger partial charge on any atom is 0.236 e. The molecule has 3 N–H and O–H groups in total. The number of methoxy groups -OCH3 is 1. The van der Waals surface area contributed by atoms with Gasteiger partial charge in [0.2, 0.25) is 5.91 Å². The highest BCUT2D eigenvalue weighted by Gasteiger charge is 2.36. The van der Waals surface area contributed by atoms with Crippen LogP contribution in [0.5, 0.6) is 5.75 Å². The number of hydrogen-bond acceptors (Lipinski definition) is 5. The molecule has 1 aliphatic rings. The second-order valence-electron chi connectivity index (χ2n) is 6.96. The minimum atomic E-state index is -3.12. The monoisotopic (exact) mass is 368 g/mol. The van der Waals surface area contributed by atoms with Crippen LogP contribution in [0.15, 0.2) is 24.3 Å². The fourth-order valence-electron chi connectivity index (χ4n) is 3.43. The molecular weight excluding hydrogens is 340 g/mol. The highest BCUT2D eigenvalue weighted by atomic mass is 32.2. The Morgan fingerprint density at radius 1 is 1.36 bits per heavy atom. The topological polar surface area (TPSA) is 98.5 Å². The van der Waals surface area contributed by atoms with Gasteiger partial charge in [-0.25, -0.2) is 8.42 Å². The van der Waals surface area contributed by atoms with Crippen molar-refractivity contribution in [3.05, 3.63) is 29.8 Å². The van der Waals surface area contributed by atoms with Crippen LogP contribution in [0, 0.1) is 0 Å². The minimum absolute atomic E-state index is 0.0807. The molecule has 1 aromatic rings. The van der Waals surface area contributed by atoms with Crippen LogP contribution in [-0.2, 0) is 20.0 Å². The molecule has 1 amide bonds. The summed E-state index contributed by atoms with van der Waals surface area (Å²) >= 11 is 0. The van der Waals surface area contributed by atoms with Gasteiger partial charge >= 0.3 is 0 Å². The van der Waals surface area contributed by atoms with Crippen LogP contribution in [0.1, 0.15) is 37.7 Å². The zero-order valence-electron chi connectivity index (χ0n) is 15.0. The van der Waals surface area contributed by atoms with Crippen LogP contribution in [0.25, 0.3) is 0 Å². The van der Waals surface area contributed by atoms with E-state index in [0.29, 0.717) is 6.54 Å². The number of carbonyl (C=O) groups excluding carboxylic acids is 1. The predicted octanol–water partition coefficient (Wildman–Crippen LogP) is 1.39. The Bertz CT molecular complexity index is 697. The van der Waals surface area contributed by atoms with Gasteiger partial charge in [0.15, 0.2) is 0 Å². The third-order valence-corrected chi connectivity index (χ3v) is 5.96. The highest BCUT2D eigenvalue weighted by molar-refractivity contribution is 7.90. The fraction of sp³-hybridized carbons (Fsp3) is 0.611. The molecule has 1 unspecified atom stereocenters. The van der Waals surface area contributed by atoms with E-state index < -0.39 is 15.9 Å². The number of rotatable bonds is 8. The molecule has 0 saturated heterocycles. The largest absolute Gasteiger partial charge is 0.497 e. The number of nitrogens with one attached hydrogen (secondary N) is 1. The van der Waals surface area contributed by atoms with E-state index in [9.17, 15) is 13.2 Å². The second-order valence-corrected chi connectivity index (χ2v) is 9.22. The summed E-state index contributed by atoms with van der Waals surface area (Å²) in [7, 11) is -1.48. The molecule has 0 heterocycles. The van der Waals surface area contributed by atoms with Gasteiger partial charge in [0, 0.05) is 18.2 Å². The summed E-state index contributed by atoms with van der Waals surface area (Å²) in [5.41, 5.74) is 6.89. The first-order chi connectivity index (χ1) is 11.8. The van der Waals surface area contributed by atoms with Crippen LogP contribution in [0.3, 0.4) is 0 Å². The fourth-order valence-corrected chi connectivity index (χ4v) is 4.11. The van der Waals surface area contributed by atoms with E-state index in [1.807, 2.05) is 18.2 Å². The van der Waals surface area contributed by atoms with E-state index in [4.69, 9.17) is 10.5 Å². The molecule has 6 nitrogen and oxygen atoms in total. The zero-order valence-corrected chi connectivity index (χ0v) is 15.8. The Balaban J connectivity index is 2.03. The molecule has 2 rings (SSSR count). The summed E-state index contributed by atoms with van der Waals surface area (Å²) in [5.74, 6) is 0.431. The van der Waals surface area contributed by atoms with Crippen molar-refractivity contribution in [2.75, 3.05) is 25.7 Å². The Morgan fingerprint density at radius 3 is 2.64 bits per heavy atom. The van der Waals surface area contributed by atoms with Gasteiger partial charge in [0.05, 0.1) is 18.9 Å². The molecule has 0 bridgehead atoms. The molecule has 7 heteroatoms. The molecule has 0 aromatic heterocycles. The van der Waals surface area contributed by atoms with Gasteiger partial charge in [-0.2, -0.15) is 0 Å². The number of carbonyl (C=O) groups is 1. The third kappa shape index (κ3) is 5.44. The number of benzene rings is 1. The number of sulfone groups is 1. The van der Waals surface area contributed by atoms with Crippen molar-refractivity contribution in [1.82, 2.24) is 5.32 Å². The van der Waals surface area contributed by atoms with Crippen molar-refractivity contribution >= 4 is 15.7 Å². The lowest BCUT2D eigenvalue weighted by Crippen LogP contribution is -2.46. The van der Waals surface area contributed by atoms with E-state index in [1.165, 1.54) is 0 Å². The van der Waals surface area contributed by atoms with Crippen LogP contribution in [0.2, 0.25) is 0 Å². The van der Waals surface area contributed by atoms with Crippen molar-refractivity contribution in [1.29, 1.82) is 0 Å². The van der Waals surface area contributed by atoms with Gasteiger partial charge in [-0.15, -0.1) is 0 Å². The van der Waals surface area contributed by atoms with Crippen LogP contribution in [-0.4, -0.2) is 46.0 Å². The van der Waals surface area contributed by atoms with Crippen LogP contribution < -0.4 is 15.8 Å². The standard InChI is InChI=1S/C18H28N2O4S/c1-24-15-7-5-6-14(12-15)18(9-3-4-10-18)13-20-17(21)16(19)8-11-25(2,22)23/h5-7,12,16H,3-4,8-11,13,19H2,1-2H3,(H,20,21). The predicted molar refractivity (Wildman–Crippen MR) is 98.5 cm³/mol. The summed E-state index contributed by atoms with van der Waals surface area (Å²) < 4.78 is 27.8. The molecular formula is C18H28N2O4S. The number of nitrogens with two attached hydrogens (primary N) is 1. The van der Waals surface area contributed by atoms with Gasteiger partial charge in [0.1, 0.15) is 15.6 Å². The van der Waals surface area contributed by atoms with E-state index >= 15 is 0 Å². The van der Waals surface area contributed by atoms with Crippen LogP contribution in [0.4, 0.5) is 0 Å². The lowest BCUT2D eigenvalue weighted by atomic mass is 9.78. The minimum Gasteiger partial charge on any atom is -0.497 e. The Hall–Kier alpha value is -1.60. The Morgan fingerprint density at radius 2 is 2.04 bits per heavy atom. The maximum absolute atomic E-state index is 12.3. The summed E-state index contributed by atoms with van der Waals surface area (Å²) in [6.45, 7) is 0.506. The van der Waals surface area contributed by atoms with Gasteiger partial charge in [0.25, 0.3) is 0 Å². The maximum atomic E-state index is 12.3. The Kier molecular flexibility index (Phi) is 6.46. The highest BCUT2D eigenvalue weighted by Crippen LogP contribution is 2.41. The summed E-state index contributed by atoms with van der Waals surface area (Å²) in [6.07, 6.45) is 5.52. The summed E-state index contributed by atoms with van der Waals surface area (Å²) in [6, 6.07) is 7.17. The van der Waals surface area contributed by atoms with E-state index in [-0.39, 0.29) is 23.5 Å². The quantitative estimate of drug-likeness (QED) is 0.722. The molecule has 1 aromatic carbocycles. The number of amides is 1. The summed E-state index contributed by atoms with van der Waals surface area (Å²) in [4.78, 5) is 12.3. The average Bonchev–Trinajstić information content (AvgIpc) is 3.07. The second kappa shape index (κ2) is 8.19. The molecule has 0 aliphatic heterocycles. The van der Waals surface area contributed by atoms with Gasteiger partial charge in [-0.05, 0) is 37.0 Å². The molecule has 1 atom stereocenters. The molecule has 140 valence electrons. The lowest BCUT2D eigenvalue weighted by Gasteiger charge is -2.31. The van der Waals surface area contributed by atoms with Crippen molar-refractivity contribution in [3.63, 3.8) is 0 Å². The number of hydrogen-bond donors (Lipinski definition) is 2. The molecule has 1 aliphatic carbocycles. The van der Waals surface area contributed by atoms with E-state index in [2.05, 4.69) is 11.4 Å². The molecule has 25 heavy (non-hydrogen) atoms. The van der Waals surface area contributed by atoms with E-state index in [0.717, 1.165) is 43.3 Å². The van der Waals surface area contributed by atoms with Crippen molar-refractivity contribution in [3.8, 4) is 5.75 Å². The molecule has 0 radical (unpaired) electrons. The van der Waals surface area contributed by atoms with Crippen molar-refractivity contribution < 1.29 is 17.9 Å². The van der Waals surface area contributed by atoms with Gasteiger partial charge in [-0.3, -0.25) is 4.79 Å². The third-order valence-electron chi connectivity index (χ3n) is 4.98. The van der Waals surface area contributed by atoms with Gasteiger partial charge < -0.3 is 15.8 Å². The lowest BCUT2D eigenvalue weighted by molar-refractivity contribution is -0.122. The smallest absolute Gasteiger partial charge is 0.236 e. The molecule has 0 spiro atoms. The number of ether oxygens (including phenoxy) is 1. The van der Waals surface area contributed by atoms with Crippen molar-refractivity contribution in [2.24, 2.45) is 5.73 Å². The van der Waals surface area contributed by atoms with E-state index in [1.54, 1.807) is 7.11 Å². The average molecular weight is 368 g/mol. The first-order valence-electron chi connectivity index (χ1n) is 8.61. The Labute approximate surface area is 150 Å². The van der Waals surface area contributed by atoms with Crippen LogP contribution >= 0.6 is 0 Å². The first-order valence-corrected chi connectivity index (χ1v) is 10.7. The van der Waals surface area contributed by atoms with Gasteiger partial charge in [-0.1, -0.05) is 25.0 Å². The molecule has 1 saturated carbocycles. The van der Waals surface area contributed by atoms with Crippen molar-refractivity contribution in [2.45, 2.75) is 43.6 Å². The first kappa shape index (κ1) is 19.7. The molecule has 1 fully saturated rings. The summed E-state index contributed by atoms with van der Waals surface area (Å²) in [5, 5.41) is 2.94. The SMILES string of the molecule is COc1cccc(C2(CNC(=O)C(N)CCS(C)(=O)=O)CCCC2)c1. The zero-order chi connectivity index (χ0) is 18.5.